The molecule has 0 spiro atoms. The summed E-state index contributed by atoms with van der Waals surface area (Å²) in [6.45, 7) is 7.06. The Kier molecular flexibility index (Phi) is 5.30. The first-order valence-electron chi connectivity index (χ1n) is 11.5. The van der Waals surface area contributed by atoms with Crippen molar-refractivity contribution >= 4 is 16.9 Å². The molecule has 5 heteroatoms. The van der Waals surface area contributed by atoms with Gasteiger partial charge in [-0.05, 0) is 68.5 Å². The van der Waals surface area contributed by atoms with E-state index in [9.17, 15) is 4.79 Å². The lowest BCUT2D eigenvalue weighted by Crippen LogP contribution is -2.43. The summed E-state index contributed by atoms with van der Waals surface area (Å²) >= 11 is 0. The smallest absolute Gasteiger partial charge is 0.253 e. The zero-order valence-electron chi connectivity index (χ0n) is 18.8. The summed E-state index contributed by atoms with van der Waals surface area (Å²) in [6, 6.07) is 15.6. The van der Waals surface area contributed by atoms with Gasteiger partial charge in [-0.1, -0.05) is 24.6 Å². The van der Waals surface area contributed by atoms with Crippen molar-refractivity contribution in [1.29, 1.82) is 0 Å². The van der Waals surface area contributed by atoms with Crippen molar-refractivity contribution < 1.29 is 4.79 Å². The lowest BCUT2D eigenvalue weighted by molar-refractivity contribution is 0.0720. The van der Waals surface area contributed by atoms with E-state index in [1.54, 1.807) is 0 Å². The van der Waals surface area contributed by atoms with Crippen molar-refractivity contribution in [2.45, 2.75) is 58.2 Å². The highest BCUT2D eigenvalue weighted by atomic mass is 16.2. The number of hydrogen-bond donors (Lipinski definition) is 0. The molecule has 1 atom stereocenters. The number of amides is 1. The number of carbonyl (C=O) groups excluding carboxylic acids is 1. The molecular formula is C26H32N4O. The molecule has 5 nitrogen and oxygen atoms in total. The molecule has 0 bridgehead atoms. The first-order valence-corrected chi connectivity index (χ1v) is 11.5. The van der Waals surface area contributed by atoms with E-state index in [1.165, 1.54) is 30.4 Å². The van der Waals surface area contributed by atoms with Gasteiger partial charge in [-0.15, -0.1) is 0 Å². The molecule has 0 radical (unpaired) electrons. The highest BCUT2D eigenvalue weighted by Crippen LogP contribution is 2.29. The lowest BCUT2D eigenvalue weighted by atomic mass is 9.92. The van der Waals surface area contributed by atoms with Crippen LogP contribution in [-0.2, 0) is 6.54 Å². The fourth-order valence-electron chi connectivity index (χ4n) is 5.03. The van der Waals surface area contributed by atoms with Crippen LogP contribution in [0, 0.1) is 13.8 Å². The third-order valence-corrected chi connectivity index (χ3v) is 7.29. The van der Waals surface area contributed by atoms with Crippen LogP contribution in [-0.4, -0.2) is 57.5 Å². The minimum Gasteiger partial charge on any atom is -0.337 e. The molecule has 1 saturated carbocycles. The van der Waals surface area contributed by atoms with E-state index in [0.717, 1.165) is 54.5 Å². The Morgan fingerprint density at radius 2 is 1.87 bits per heavy atom. The maximum absolute atomic E-state index is 13.1. The molecule has 0 N–H and O–H groups in total. The van der Waals surface area contributed by atoms with Gasteiger partial charge in [0.05, 0.1) is 11.0 Å². The van der Waals surface area contributed by atoms with E-state index < -0.39 is 0 Å². The summed E-state index contributed by atoms with van der Waals surface area (Å²) in [7, 11) is 1.97. The van der Waals surface area contributed by atoms with Gasteiger partial charge in [0.25, 0.3) is 5.91 Å². The molecule has 1 aliphatic carbocycles. The molecule has 3 aromatic rings. The number of aryl methyl sites for hydroxylation is 2. The van der Waals surface area contributed by atoms with Crippen LogP contribution in [0.5, 0.6) is 0 Å². The van der Waals surface area contributed by atoms with Crippen LogP contribution >= 0.6 is 0 Å². The number of likely N-dealkylation sites (tertiary alicyclic amines) is 1. The second kappa shape index (κ2) is 8.12. The summed E-state index contributed by atoms with van der Waals surface area (Å²) in [6.07, 6.45) is 5.11. The molecule has 162 valence electrons. The molecule has 1 aliphatic heterocycles. The van der Waals surface area contributed by atoms with Crippen LogP contribution in [0.25, 0.3) is 11.0 Å². The molecule has 1 amide bonds. The van der Waals surface area contributed by atoms with Gasteiger partial charge < -0.3 is 9.47 Å². The summed E-state index contributed by atoms with van der Waals surface area (Å²) in [4.78, 5) is 22.3. The zero-order valence-corrected chi connectivity index (χ0v) is 18.8. The first kappa shape index (κ1) is 20.3. The van der Waals surface area contributed by atoms with E-state index in [2.05, 4.69) is 53.6 Å². The van der Waals surface area contributed by atoms with Crippen LogP contribution in [0.1, 0.15) is 53.0 Å². The number of rotatable bonds is 5. The average Bonchev–Trinajstić information content (AvgIpc) is 3.31. The molecule has 5 rings (SSSR count). The van der Waals surface area contributed by atoms with Gasteiger partial charge in [-0.25, -0.2) is 4.98 Å². The monoisotopic (exact) mass is 416 g/mol. The maximum atomic E-state index is 13.1. The van der Waals surface area contributed by atoms with Gasteiger partial charge in [0.1, 0.15) is 5.82 Å². The molecule has 2 aromatic carbocycles. The summed E-state index contributed by atoms with van der Waals surface area (Å²) in [5.74, 6) is 1.14. The molecular weight excluding hydrogens is 384 g/mol. The fourth-order valence-corrected chi connectivity index (χ4v) is 5.03. The highest BCUT2D eigenvalue weighted by molar-refractivity contribution is 5.94. The Hall–Kier alpha value is -2.66. The SMILES string of the molecule is Cc1ccc2c(c1)nc(C)n2Cc1ccc(C(=O)N(C)[C@@H]2CCN(C3CCC3)C2)cc1. The van der Waals surface area contributed by atoms with Crippen molar-refractivity contribution in [3.8, 4) is 0 Å². The van der Waals surface area contributed by atoms with Gasteiger partial charge >= 0.3 is 0 Å². The van der Waals surface area contributed by atoms with Crippen LogP contribution in [0.3, 0.4) is 0 Å². The van der Waals surface area contributed by atoms with Crippen LogP contribution in [0.15, 0.2) is 42.5 Å². The van der Waals surface area contributed by atoms with Gasteiger partial charge in [0.15, 0.2) is 0 Å². The van der Waals surface area contributed by atoms with Gasteiger partial charge in [0.2, 0.25) is 0 Å². The van der Waals surface area contributed by atoms with Crippen molar-refractivity contribution in [1.82, 2.24) is 19.4 Å². The number of fused-ring (bicyclic) bond motifs is 1. The lowest BCUT2D eigenvalue weighted by Gasteiger charge is -2.35. The minimum atomic E-state index is 0.131. The van der Waals surface area contributed by atoms with Crippen LogP contribution < -0.4 is 0 Å². The van der Waals surface area contributed by atoms with Gasteiger partial charge in [-0.3, -0.25) is 9.69 Å². The summed E-state index contributed by atoms with van der Waals surface area (Å²) in [5, 5.41) is 0. The van der Waals surface area contributed by atoms with Gasteiger partial charge in [-0.2, -0.15) is 0 Å². The fraction of sp³-hybridized carbons (Fsp3) is 0.462. The Morgan fingerprint density at radius 1 is 1.10 bits per heavy atom. The second-order valence-electron chi connectivity index (χ2n) is 9.37. The third-order valence-electron chi connectivity index (χ3n) is 7.29. The number of nitrogens with zero attached hydrogens (tertiary/aromatic N) is 4. The maximum Gasteiger partial charge on any atom is 0.253 e. The first-order chi connectivity index (χ1) is 15.0. The van der Waals surface area contributed by atoms with E-state index in [0.29, 0.717) is 6.04 Å². The standard InChI is InChI=1S/C26H32N4O/c1-18-7-12-25-24(15-18)27-19(2)30(25)16-20-8-10-21(11-9-20)26(31)28(3)23-13-14-29(17-23)22-5-4-6-22/h7-12,15,22-23H,4-6,13-14,16-17H2,1-3H3/t23-/m1/s1. The number of carbonyl (C=O) groups is 1. The molecule has 1 saturated heterocycles. The number of benzene rings is 2. The molecule has 31 heavy (non-hydrogen) atoms. The van der Waals surface area contributed by atoms with Crippen molar-refractivity contribution in [3.63, 3.8) is 0 Å². The van der Waals surface area contributed by atoms with E-state index in [1.807, 2.05) is 24.1 Å². The minimum absolute atomic E-state index is 0.131. The van der Waals surface area contributed by atoms with E-state index in [-0.39, 0.29) is 5.91 Å². The van der Waals surface area contributed by atoms with E-state index in [4.69, 9.17) is 4.98 Å². The zero-order chi connectivity index (χ0) is 21.5. The predicted octanol–water partition coefficient (Wildman–Crippen LogP) is 4.40. The molecule has 2 heterocycles. The Balaban J connectivity index is 1.27. The number of likely N-dealkylation sites (N-methyl/N-ethyl adjacent to an activating group) is 1. The largest absolute Gasteiger partial charge is 0.337 e. The van der Waals surface area contributed by atoms with Crippen LogP contribution in [0.4, 0.5) is 0 Å². The quantitative estimate of drug-likeness (QED) is 0.619. The number of aromatic nitrogens is 2. The van der Waals surface area contributed by atoms with Gasteiger partial charge in [0, 0.05) is 44.3 Å². The molecule has 2 fully saturated rings. The summed E-state index contributed by atoms with van der Waals surface area (Å²) < 4.78 is 2.24. The molecule has 2 aliphatic rings. The average molecular weight is 417 g/mol. The van der Waals surface area contributed by atoms with Crippen molar-refractivity contribution in [2.24, 2.45) is 0 Å². The Bertz CT molecular complexity index is 1100. The van der Waals surface area contributed by atoms with Crippen molar-refractivity contribution in [3.05, 3.63) is 65.0 Å². The Morgan fingerprint density at radius 3 is 2.58 bits per heavy atom. The Labute approximate surface area is 184 Å². The summed E-state index contributed by atoms with van der Waals surface area (Å²) in [5.41, 5.74) is 5.37. The molecule has 1 aromatic heterocycles. The molecule has 0 unspecified atom stereocenters. The highest BCUT2D eigenvalue weighted by Gasteiger charge is 2.34. The number of hydrogen-bond acceptors (Lipinski definition) is 3. The topological polar surface area (TPSA) is 41.4 Å². The normalized spacial score (nSPS) is 19.6. The van der Waals surface area contributed by atoms with E-state index >= 15 is 0 Å². The van der Waals surface area contributed by atoms with Crippen LogP contribution in [0.2, 0.25) is 0 Å². The number of imidazole rings is 1. The third kappa shape index (κ3) is 3.87. The van der Waals surface area contributed by atoms with Crippen molar-refractivity contribution in [2.75, 3.05) is 20.1 Å². The predicted molar refractivity (Wildman–Crippen MR) is 124 cm³/mol. The second-order valence-corrected chi connectivity index (χ2v) is 9.37.